The van der Waals surface area contributed by atoms with Crippen molar-refractivity contribution in [3.05, 3.63) is 64.8 Å². The molecule has 0 saturated carbocycles. The SMILES string of the molecule is CC.Cn1c(COc2ccc(Cl)cc2)c(C(=O)C(=O)N2CCC(N3CCCCC3)CC2)c2ccccc21. The van der Waals surface area contributed by atoms with E-state index < -0.39 is 11.7 Å². The van der Waals surface area contributed by atoms with E-state index in [2.05, 4.69) is 4.90 Å². The number of nitrogens with zero attached hydrogens (tertiary/aromatic N) is 3. The standard InChI is InChI=1S/C28H32ClN3O3.C2H6/c1-30-24-8-4-3-7-23(24)26(25(30)19-35-22-11-9-20(29)10-12-22)27(33)28(34)32-17-13-21(14-18-32)31-15-5-2-6-16-31;1-2/h3-4,7-12,21H,2,5-6,13-19H2,1H3;1-2H3. The zero-order valence-corrected chi connectivity index (χ0v) is 23.0. The fraction of sp³-hybridized carbons (Fsp3) is 0.467. The Morgan fingerprint density at radius 1 is 0.919 bits per heavy atom. The molecule has 2 saturated heterocycles. The van der Waals surface area contributed by atoms with Crippen molar-refractivity contribution in [1.29, 1.82) is 0 Å². The minimum Gasteiger partial charge on any atom is -0.487 e. The van der Waals surface area contributed by atoms with Crippen LogP contribution in [0.2, 0.25) is 5.02 Å². The summed E-state index contributed by atoms with van der Waals surface area (Å²) in [7, 11) is 1.91. The zero-order chi connectivity index (χ0) is 26.4. The van der Waals surface area contributed by atoms with Crippen LogP contribution in [0, 0.1) is 0 Å². The average molecular weight is 524 g/mol. The maximum atomic E-state index is 13.6. The van der Waals surface area contributed by atoms with E-state index in [1.165, 1.54) is 19.3 Å². The number of aryl methyl sites for hydroxylation is 1. The van der Waals surface area contributed by atoms with Gasteiger partial charge in [0.15, 0.2) is 0 Å². The maximum Gasteiger partial charge on any atom is 0.295 e. The minimum absolute atomic E-state index is 0.179. The van der Waals surface area contributed by atoms with Gasteiger partial charge in [0.25, 0.3) is 11.7 Å². The topological polar surface area (TPSA) is 54.8 Å². The number of para-hydroxylation sites is 1. The molecule has 3 heterocycles. The lowest BCUT2D eigenvalue weighted by atomic mass is 9.98. The highest BCUT2D eigenvalue weighted by Gasteiger charge is 2.33. The van der Waals surface area contributed by atoms with Gasteiger partial charge in [-0.15, -0.1) is 0 Å². The molecule has 6 nitrogen and oxygen atoms in total. The van der Waals surface area contributed by atoms with E-state index in [4.69, 9.17) is 16.3 Å². The minimum atomic E-state index is -0.451. The molecule has 2 aliphatic rings. The third-order valence-corrected chi connectivity index (χ3v) is 7.75. The van der Waals surface area contributed by atoms with Gasteiger partial charge in [-0.05, 0) is 69.1 Å². The first-order valence-electron chi connectivity index (χ1n) is 13.5. The number of benzene rings is 2. The molecule has 0 aliphatic carbocycles. The van der Waals surface area contributed by atoms with Crippen molar-refractivity contribution in [2.24, 2.45) is 7.05 Å². The summed E-state index contributed by atoms with van der Waals surface area (Å²) in [5.74, 6) is -0.205. The molecule has 1 aromatic heterocycles. The van der Waals surface area contributed by atoms with Gasteiger partial charge < -0.3 is 19.1 Å². The summed E-state index contributed by atoms with van der Waals surface area (Å²) < 4.78 is 7.95. The highest BCUT2D eigenvalue weighted by Crippen LogP contribution is 2.29. The van der Waals surface area contributed by atoms with Gasteiger partial charge in [-0.1, -0.05) is 50.1 Å². The number of Topliss-reactive ketones (excluding diaryl/α,β-unsaturated/α-hetero) is 1. The second kappa shape index (κ2) is 12.6. The van der Waals surface area contributed by atoms with Crippen molar-refractivity contribution >= 4 is 34.2 Å². The number of aromatic nitrogens is 1. The van der Waals surface area contributed by atoms with E-state index in [1.54, 1.807) is 29.2 Å². The van der Waals surface area contributed by atoms with Crippen molar-refractivity contribution in [3.8, 4) is 5.75 Å². The fourth-order valence-corrected chi connectivity index (χ4v) is 5.65. The van der Waals surface area contributed by atoms with Gasteiger partial charge in [0.05, 0.1) is 11.3 Å². The monoisotopic (exact) mass is 523 g/mol. The van der Waals surface area contributed by atoms with E-state index in [1.807, 2.05) is 49.7 Å². The summed E-state index contributed by atoms with van der Waals surface area (Å²) in [6.45, 7) is 7.76. The highest BCUT2D eigenvalue weighted by molar-refractivity contribution is 6.45. The van der Waals surface area contributed by atoms with E-state index in [0.29, 0.717) is 41.2 Å². The molecule has 2 aliphatic heterocycles. The van der Waals surface area contributed by atoms with Crippen molar-refractivity contribution in [1.82, 2.24) is 14.4 Å². The summed E-state index contributed by atoms with van der Waals surface area (Å²) in [6.07, 6.45) is 5.71. The molecule has 0 atom stereocenters. The molecular formula is C30H38ClN3O3. The van der Waals surface area contributed by atoms with Crippen LogP contribution in [0.1, 0.15) is 62.0 Å². The van der Waals surface area contributed by atoms with Crippen LogP contribution in [-0.2, 0) is 18.4 Å². The number of hydrogen-bond acceptors (Lipinski definition) is 4. The predicted octanol–water partition coefficient (Wildman–Crippen LogP) is 6.10. The number of halogens is 1. The maximum absolute atomic E-state index is 13.6. The summed E-state index contributed by atoms with van der Waals surface area (Å²) in [5.41, 5.74) is 2.05. The summed E-state index contributed by atoms with van der Waals surface area (Å²) in [5, 5.41) is 1.42. The van der Waals surface area contributed by atoms with E-state index >= 15 is 0 Å². The Balaban J connectivity index is 0.00000156. The largest absolute Gasteiger partial charge is 0.487 e. The first-order chi connectivity index (χ1) is 18.0. The van der Waals surface area contributed by atoms with Crippen molar-refractivity contribution in [3.63, 3.8) is 0 Å². The average Bonchev–Trinajstić information content (AvgIpc) is 3.25. The summed E-state index contributed by atoms with van der Waals surface area (Å²) in [4.78, 5) is 31.4. The molecule has 0 spiro atoms. The third kappa shape index (κ3) is 6.02. The van der Waals surface area contributed by atoms with Crippen LogP contribution >= 0.6 is 11.6 Å². The highest BCUT2D eigenvalue weighted by atomic mass is 35.5. The first-order valence-corrected chi connectivity index (χ1v) is 13.9. The number of ketones is 1. The van der Waals surface area contributed by atoms with Crippen molar-refractivity contribution in [2.75, 3.05) is 26.2 Å². The second-order valence-corrected chi connectivity index (χ2v) is 10.0. The smallest absolute Gasteiger partial charge is 0.295 e. The van der Waals surface area contributed by atoms with Crippen LogP contribution in [0.3, 0.4) is 0 Å². The first kappa shape index (κ1) is 27.2. The number of fused-ring (bicyclic) bond motifs is 1. The van der Waals surface area contributed by atoms with Crippen LogP contribution in [0.4, 0.5) is 0 Å². The molecular weight excluding hydrogens is 486 g/mol. The number of ether oxygens (including phenoxy) is 1. The lowest BCUT2D eigenvalue weighted by Gasteiger charge is -2.40. The van der Waals surface area contributed by atoms with Gasteiger partial charge in [0.1, 0.15) is 12.4 Å². The van der Waals surface area contributed by atoms with Gasteiger partial charge in [-0.2, -0.15) is 0 Å². The summed E-state index contributed by atoms with van der Waals surface area (Å²) >= 11 is 5.99. The number of carbonyl (C=O) groups is 2. The number of likely N-dealkylation sites (tertiary alicyclic amines) is 2. The van der Waals surface area contributed by atoms with Gasteiger partial charge in [-0.25, -0.2) is 0 Å². The van der Waals surface area contributed by atoms with Crippen molar-refractivity contribution < 1.29 is 14.3 Å². The Kier molecular flexibility index (Phi) is 9.28. The molecule has 5 rings (SSSR count). The Morgan fingerprint density at radius 2 is 1.57 bits per heavy atom. The molecule has 0 radical (unpaired) electrons. The number of amides is 1. The lowest BCUT2D eigenvalue weighted by molar-refractivity contribution is -0.128. The molecule has 0 N–H and O–H groups in total. The number of carbonyl (C=O) groups excluding carboxylic acids is 2. The van der Waals surface area contributed by atoms with Gasteiger partial charge in [-0.3, -0.25) is 9.59 Å². The van der Waals surface area contributed by atoms with E-state index in [0.717, 1.165) is 36.8 Å². The van der Waals surface area contributed by atoms with Crippen molar-refractivity contribution in [2.45, 2.75) is 58.6 Å². The Labute approximate surface area is 225 Å². The zero-order valence-electron chi connectivity index (χ0n) is 22.2. The van der Waals surface area contributed by atoms with Crippen LogP contribution in [0.15, 0.2) is 48.5 Å². The normalized spacial score (nSPS) is 16.8. The Morgan fingerprint density at radius 3 is 2.24 bits per heavy atom. The molecule has 2 fully saturated rings. The number of piperidine rings is 2. The lowest BCUT2D eigenvalue weighted by Crippen LogP contribution is -2.49. The molecule has 198 valence electrons. The fourth-order valence-electron chi connectivity index (χ4n) is 5.52. The van der Waals surface area contributed by atoms with Gasteiger partial charge >= 0.3 is 0 Å². The van der Waals surface area contributed by atoms with E-state index in [9.17, 15) is 9.59 Å². The molecule has 1 amide bonds. The number of hydrogen-bond donors (Lipinski definition) is 0. The summed E-state index contributed by atoms with van der Waals surface area (Å²) in [6, 6.07) is 15.4. The molecule has 0 bridgehead atoms. The number of rotatable bonds is 6. The van der Waals surface area contributed by atoms with Crippen LogP contribution in [0.5, 0.6) is 5.75 Å². The third-order valence-electron chi connectivity index (χ3n) is 7.50. The van der Waals surface area contributed by atoms with Crippen LogP contribution in [0.25, 0.3) is 10.9 Å². The molecule has 3 aromatic rings. The quantitative estimate of drug-likeness (QED) is 0.289. The Hall–Kier alpha value is -2.83. The molecule has 37 heavy (non-hydrogen) atoms. The van der Waals surface area contributed by atoms with Gasteiger partial charge in [0.2, 0.25) is 0 Å². The molecule has 7 heteroatoms. The molecule has 0 unspecified atom stereocenters. The van der Waals surface area contributed by atoms with Crippen LogP contribution in [-0.4, -0.2) is 58.3 Å². The predicted molar refractivity (Wildman–Crippen MR) is 149 cm³/mol. The van der Waals surface area contributed by atoms with E-state index in [-0.39, 0.29) is 6.61 Å². The van der Waals surface area contributed by atoms with Crippen LogP contribution < -0.4 is 4.74 Å². The Bertz CT molecular complexity index is 1210. The molecule has 2 aromatic carbocycles. The second-order valence-electron chi connectivity index (χ2n) is 9.59. The van der Waals surface area contributed by atoms with Gasteiger partial charge in [0, 0.05) is 42.1 Å².